The number of nitrogens with zero attached hydrogens (tertiary/aromatic N) is 4. The smallest absolute Gasteiger partial charge is 0.415 e. The van der Waals surface area contributed by atoms with Crippen LogP contribution in [-0.2, 0) is 6.54 Å². The second-order valence-corrected chi connectivity index (χ2v) is 13.3. The molecule has 0 aliphatic carbocycles. The molecule has 1 aromatic heterocycles. The van der Waals surface area contributed by atoms with Crippen LogP contribution in [0.3, 0.4) is 0 Å². The SMILES string of the molecule is COc1ccc(C=Cc2cc(OC)c(OC)c(OC)c2)cc1OC(=O)N1CCN(Cc2ccc(-n3c(-c4cc(C(C)C)c(O)cc4O)n[nH]c3=O)cc2)CC1. The molecule has 2 heterocycles. The number of benzene rings is 4. The van der Waals surface area contributed by atoms with Crippen molar-refractivity contribution in [1.82, 2.24) is 24.6 Å². The maximum atomic E-state index is 13.3. The van der Waals surface area contributed by atoms with E-state index in [-0.39, 0.29) is 23.2 Å². The van der Waals surface area contributed by atoms with Crippen molar-refractivity contribution in [2.75, 3.05) is 54.6 Å². The van der Waals surface area contributed by atoms with Crippen LogP contribution in [0.25, 0.3) is 29.2 Å². The maximum absolute atomic E-state index is 13.3. The molecule has 5 aromatic rings. The Hall–Kier alpha value is -6.41. The maximum Gasteiger partial charge on any atom is 0.415 e. The van der Waals surface area contributed by atoms with Crippen molar-refractivity contribution in [2.45, 2.75) is 26.3 Å². The molecular weight excluding hydrogens is 706 g/mol. The van der Waals surface area contributed by atoms with Gasteiger partial charge in [-0.3, -0.25) is 4.90 Å². The standard InChI is InChI=1S/C41H45N5O9/c1-25(2)30-22-31(33(48)23-32(30)47)39-42-43-40(49)46(39)29-12-9-27(10-13-29)24-44-15-17-45(18-16-44)41(50)55-35-19-26(11-14-34(35)51-3)7-8-28-20-36(52-4)38(54-6)37(21-28)53-5/h7-14,19-23,25,47-48H,15-18,24H2,1-6H3,(H,43,49). The lowest BCUT2D eigenvalue weighted by Crippen LogP contribution is -2.49. The van der Waals surface area contributed by atoms with Crippen LogP contribution in [0.4, 0.5) is 4.79 Å². The van der Waals surface area contributed by atoms with Gasteiger partial charge in [0.15, 0.2) is 28.8 Å². The number of phenolic OH excluding ortho intramolecular Hbond substituents is 2. The first-order chi connectivity index (χ1) is 26.5. The van der Waals surface area contributed by atoms with Crippen LogP contribution < -0.4 is 29.4 Å². The summed E-state index contributed by atoms with van der Waals surface area (Å²) < 4.78 is 29.1. The number of carbonyl (C=O) groups is 1. The number of hydrogen-bond donors (Lipinski definition) is 3. The third kappa shape index (κ3) is 8.39. The molecule has 55 heavy (non-hydrogen) atoms. The molecule has 1 aliphatic heterocycles. The van der Waals surface area contributed by atoms with E-state index in [0.717, 1.165) is 16.7 Å². The average Bonchev–Trinajstić information content (AvgIpc) is 3.57. The monoisotopic (exact) mass is 751 g/mol. The molecule has 0 spiro atoms. The van der Waals surface area contributed by atoms with Crippen LogP contribution in [0.15, 0.2) is 71.5 Å². The number of amides is 1. The summed E-state index contributed by atoms with van der Waals surface area (Å²) in [6.07, 6.45) is 3.32. The predicted molar refractivity (Wildman–Crippen MR) is 208 cm³/mol. The number of nitrogens with one attached hydrogen (secondary N) is 1. The van der Waals surface area contributed by atoms with Crippen LogP contribution in [0.5, 0.6) is 40.2 Å². The fraction of sp³-hybridized carbons (Fsp3) is 0.293. The van der Waals surface area contributed by atoms with Gasteiger partial charge in [0.1, 0.15) is 11.5 Å². The van der Waals surface area contributed by atoms with E-state index >= 15 is 0 Å². The highest BCUT2D eigenvalue weighted by Gasteiger charge is 2.25. The highest BCUT2D eigenvalue weighted by Crippen LogP contribution is 2.39. The minimum absolute atomic E-state index is 0.0116. The van der Waals surface area contributed by atoms with Gasteiger partial charge < -0.3 is 38.8 Å². The molecule has 1 fully saturated rings. The van der Waals surface area contributed by atoms with E-state index in [2.05, 4.69) is 15.1 Å². The Kier molecular flexibility index (Phi) is 11.7. The Bertz CT molecular complexity index is 2210. The van der Waals surface area contributed by atoms with Crippen LogP contribution in [-0.4, -0.2) is 95.5 Å². The van der Waals surface area contributed by atoms with Gasteiger partial charge in [0.2, 0.25) is 5.75 Å². The Labute approximate surface area is 318 Å². The molecule has 0 atom stereocenters. The van der Waals surface area contributed by atoms with Gasteiger partial charge in [0, 0.05) is 38.8 Å². The summed E-state index contributed by atoms with van der Waals surface area (Å²) in [6.45, 7) is 6.71. The van der Waals surface area contributed by atoms with Gasteiger partial charge in [0.05, 0.1) is 39.7 Å². The Balaban J connectivity index is 1.08. The number of phenols is 2. The Morgan fingerprint density at radius 3 is 2.04 bits per heavy atom. The summed E-state index contributed by atoms with van der Waals surface area (Å²) in [5.41, 5.74) is 3.71. The first kappa shape index (κ1) is 38.3. The van der Waals surface area contributed by atoms with Gasteiger partial charge in [-0.1, -0.05) is 44.2 Å². The van der Waals surface area contributed by atoms with Crippen molar-refractivity contribution in [3.05, 3.63) is 99.5 Å². The number of hydrogen-bond acceptors (Lipinski definition) is 11. The molecule has 3 N–H and O–H groups in total. The predicted octanol–water partition coefficient (Wildman–Crippen LogP) is 6.28. The van der Waals surface area contributed by atoms with E-state index in [9.17, 15) is 19.8 Å². The van der Waals surface area contributed by atoms with Crippen molar-refractivity contribution in [3.8, 4) is 57.3 Å². The zero-order valence-electron chi connectivity index (χ0n) is 31.7. The second-order valence-electron chi connectivity index (χ2n) is 13.3. The molecule has 0 bridgehead atoms. The van der Waals surface area contributed by atoms with Gasteiger partial charge in [0.25, 0.3) is 0 Å². The lowest BCUT2D eigenvalue weighted by molar-refractivity contribution is 0.107. The van der Waals surface area contributed by atoms with Crippen LogP contribution in [0, 0.1) is 0 Å². The molecular formula is C41H45N5O9. The van der Waals surface area contributed by atoms with Crippen LogP contribution in [0.2, 0.25) is 0 Å². The summed E-state index contributed by atoms with van der Waals surface area (Å²) in [7, 11) is 6.21. The van der Waals surface area contributed by atoms with Gasteiger partial charge in [-0.15, -0.1) is 0 Å². The van der Waals surface area contributed by atoms with Crippen molar-refractivity contribution in [3.63, 3.8) is 0 Å². The summed E-state index contributed by atoms with van der Waals surface area (Å²) in [6, 6.07) is 19.5. The van der Waals surface area contributed by atoms with Gasteiger partial charge in [-0.2, -0.15) is 5.10 Å². The largest absolute Gasteiger partial charge is 0.508 e. The molecule has 0 saturated carbocycles. The van der Waals surface area contributed by atoms with Crippen LogP contribution in [0.1, 0.15) is 42.0 Å². The van der Waals surface area contributed by atoms with Gasteiger partial charge >= 0.3 is 11.8 Å². The summed E-state index contributed by atoms with van der Waals surface area (Å²) in [4.78, 5) is 30.1. The minimum Gasteiger partial charge on any atom is -0.508 e. The topological polar surface area (TPSA) is 161 Å². The molecule has 4 aromatic carbocycles. The number of H-pyrrole nitrogens is 1. The first-order valence-corrected chi connectivity index (χ1v) is 17.7. The molecule has 14 heteroatoms. The molecule has 0 radical (unpaired) electrons. The number of aromatic hydroxyl groups is 2. The van der Waals surface area contributed by atoms with E-state index in [1.54, 1.807) is 44.4 Å². The van der Waals surface area contributed by atoms with Crippen LogP contribution >= 0.6 is 0 Å². The zero-order valence-corrected chi connectivity index (χ0v) is 31.7. The third-order valence-electron chi connectivity index (χ3n) is 9.45. The highest BCUT2D eigenvalue weighted by molar-refractivity contribution is 5.76. The van der Waals surface area contributed by atoms with E-state index in [1.165, 1.54) is 17.7 Å². The number of aromatic amines is 1. The van der Waals surface area contributed by atoms with E-state index in [4.69, 9.17) is 23.7 Å². The lowest BCUT2D eigenvalue weighted by Gasteiger charge is -2.34. The normalized spacial score (nSPS) is 13.3. The number of piperazine rings is 1. The van der Waals surface area contributed by atoms with Gasteiger partial charge in [-0.05, 0) is 70.6 Å². The highest BCUT2D eigenvalue weighted by atomic mass is 16.6. The summed E-state index contributed by atoms with van der Waals surface area (Å²) >= 11 is 0. The van der Waals surface area contributed by atoms with E-state index in [1.807, 2.05) is 68.5 Å². The number of aromatic nitrogens is 3. The Morgan fingerprint density at radius 1 is 0.782 bits per heavy atom. The summed E-state index contributed by atoms with van der Waals surface area (Å²) in [5, 5.41) is 27.6. The molecule has 1 aliphatic rings. The fourth-order valence-corrected chi connectivity index (χ4v) is 6.48. The van der Waals surface area contributed by atoms with E-state index < -0.39 is 11.8 Å². The van der Waals surface area contributed by atoms with Crippen molar-refractivity contribution in [2.24, 2.45) is 0 Å². The minimum atomic E-state index is -0.463. The van der Waals surface area contributed by atoms with E-state index in [0.29, 0.717) is 78.3 Å². The van der Waals surface area contributed by atoms with Crippen molar-refractivity contribution in [1.29, 1.82) is 0 Å². The molecule has 6 rings (SSSR count). The molecule has 1 amide bonds. The number of methoxy groups -OCH3 is 4. The number of ether oxygens (including phenoxy) is 5. The number of rotatable bonds is 12. The molecule has 0 unspecified atom stereocenters. The van der Waals surface area contributed by atoms with Crippen molar-refractivity contribution < 1.29 is 38.7 Å². The molecule has 1 saturated heterocycles. The fourth-order valence-electron chi connectivity index (χ4n) is 6.48. The van der Waals surface area contributed by atoms with Crippen molar-refractivity contribution >= 4 is 18.2 Å². The second kappa shape index (κ2) is 16.7. The average molecular weight is 752 g/mol. The zero-order chi connectivity index (χ0) is 39.2. The first-order valence-electron chi connectivity index (χ1n) is 17.7. The molecule has 14 nitrogen and oxygen atoms in total. The lowest BCUT2D eigenvalue weighted by atomic mass is 9.98. The summed E-state index contributed by atoms with van der Waals surface area (Å²) in [5.74, 6) is 2.34. The quantitative estimate of drug-likeness (QED) is 0.123. The third-order valence-corrected chi connectivity index (χ3v) is 9.45. The molecule has 288 valence electrons. The van der Waals surface area contributed by atoms with Gasteiger partial charge in [-0.25, -0.2) is 19.3 Å². The Morgan fingerprint density at radius 2 is 1.42 bits per heavy atom. The number of carbonyl (C=O) groups excluding carboxylic acids is 1.